The number of rotatable bonds is 2. The zero-order valence-corrected chi connectivity index (χ0v) is 14.2. The van der Waals surface area contributed by atoms with Crippen molar-refractivity contribution in [2.24, 2.45) is 5.92 Å². The quantitative estimate of drug-likeness (QED) is 0.835. The summed E-state index contributed by atoms with van der Waals surface area (Å²) < 4.78 is 13.3. The normalized spacial score (nSPS) is 22.5. The van der Waals surface area contributed by atoms with Crippen molar-refractivity contribution < 1.29 is 14.0 Å². The minimum atomic E-state index is -0.398. The Morgan fingerprint density at radius 3 is 2.50 bits per heavy atom. The molecule has 0 N–H and O–H groups in total. The van der Waals surface area contributed by atoms with E-state index in [9.17, 15) is 14.0 Å². The van der Waals surface area contributed by atoms with Crippen LogP contribution in [0.3, 0.4) is 0 Å². The van der Waals surface area contributed by atoms with Crippen molar-refractivity contribution >= 4 is 11.8 Å². The third-order valence-corrected chi connectivity index (χ3v) is 5.29. The summed E-state index contributed by atoms with van der Waals surface area (Å²) in [7, 11) is 0. The lowest BCUT2D eigenvalue weighted by Crippen LogP contribution is -2.48. The summed E-state index contributed by atoms with van der Waals surface area (Å²) in [5.41, 5.74) is 0.379. The highest BCUT2D eigenvalue weighted by Gasteiger charge is 2.33. The van der Waals surface area contributed by atoms with E-state index < -0.39 is 5.82 Å². The molecule has 0 unspecified atom stereocenters. The van der Waals surface area contributed by atoms with E-state index in [-0.39, 0.29) is 17.7 Å². The van der Waals surface area contributed by atoms with Crippen LogP contribution in [-0.4, -0.2) is 47.3 Å². The first-order chi connectivity index (χ1) is 11.6. The molecule has 0 radical (unpaired) electrons. The summed E-state index contributed by atoms with van der Waals surface area (Å²) in [4.78, 5) is 28.9. The van der Waals surface area contributed by atoms with Gasteiger partial charge in [0.1, 0.15) is 5.82 Å². The Balaban J connectivity index is 1.57. The maximum Gasteiger partial charge on any atom is 0.253 e. The van der Waals surface area contributed by atoms with Crippen molar-refractivity contribution in [3.8, 4) is 0 Å². The second kappa shape index (κ2) is 7.32. The van der Waals surface area contributed by atoms with Crippen LogP contribution in [0.1, 0.15) is 49.4 Å². The molecule has 24 heavy (non-hydrogen) atoms. The molecule has 1 aromatic carbocycles. The largest absolute Gasteiger partial charge is 0.340 e. The molecular weight excluding hydrogens is 307 g/mol. The maximum atomic E-state index is 13.3. The molecule has 0 bridgehead atoms. The maximum absolute atomic E-state index is 13.3. The number of carbonyl (C=O) groups is 2. The van der Waals surface area contributed by atoms with Crippen LogP contribution in [0.4, 0.5) is 4.39 Å². The fraction of sp³-hybridized carbons (Fsp3) is 0.579. The van der Waals surface area contributed by atoms with E-state index in [0.717, 1.165) is 19.4 Å². The van der Waals surface area contributed by atoms with Gasteiger partial charge in [0.25, 0.3) is 5.91 Å². The second-order valence-corrected chi connectivity index (χ2v) is 6.95. The second-order valence-electron chi connectivity index (χ2n) is 6.95. The third-order valence-electron chi connectivity index (χ3n) is 5.29. The molecule has 2 aliphatic heterocycles. The summed E-state index contributed by atoms with van der Waals surface area (Å²) in [6.45, 7) is 4.12. The van der Waals surface area contributed by atoms with Crippen LogP contribution in [0.2, 0.25) is 0 Å². The number of carbonyl (C=O) groups excluding carboxylic acids is 2. The zero-order chi connectivity index (χ0) is 17.1. The van der Waals surface area contributed by atoms with Crippen LogP contribution in [0, 0.1) is 11.7 Å². The van der Waals surface area contributed by atoms with Crippen molar-refractivity contribution in [2.45, 2.75) is 45.1 Å². The molecule has 1 aromatic rings. The molecular formula is C19H25FN2O2. The van der Waals surface area contributed by atoms with Crippen LogP contribution in [0.25, 0.3) is 0 Å². The Kier molecular flexibility index (Phi) is 5.17. The summed E-state index contributed by atoms with van der Waals surface area (Å²) in [5, 5.41) is 0. The number of hydrogen-bond donors (Lipinski definition) is 0. The minimum Gasteiger partial charge on any atom is -0.340 e. The fourth-order valence-electron chi connectivity index (χ4n) is 3.79. The van der Waals surface area contributed by atoms with Gasteiger partial charge < -0.3 is 9.80 Å². The van der Waals surface area contributed by atoms with Crippen LogP contribution in [0.15, 0.2) is 24.3 Å². The van der Waals surface area contributed by atoms with Gasteiger partial charge in [-0.3, -0.25) is 9.59 Å². The SMILES string of the molecule is C[C@H]1CCCCN1C(=O)C1CCN(C(=O)c2cccc(F)c2)CC1. The average molecular weight is 332 g/mol. The third kappa shape index (κ3) is 3.60. The van der Waals surface area contributed by atoms with E-state index in [0.29, 0.717) is 37.5 Å². The van der Waals surface area contributed by atoms with Gasteiger partial charge in [-0.05, 0) is 57.2 Å². The minimum absolute atomic E-state index is 0.0158. The molecule has 2 fully saturated rings. The topological polar surface area (TPSA) is 40.6 Å². The summed E-state index contributed by atoms with van der Waals surface area (Å²) >= 11 is 0. The molecule has 130 valence electrons. The van der Waals surface area contributed by atoms with Gasteiger partial charge >= 0.3 is 0 Å². The predicted octanol–water partition coefficient (Wildman–Crippen LogP) is 3.08. The van der Waals surface area contributed by atoms with E-state index in [1.165, 1.54) is 18.6 Å². The number of nitrogens with zero attached hydrogens (tertiary/aromatic N) is 2. The molecule has 4 nitrogen and oxygen atoms in total. The molecule has 0 saturated carbocycles. The van der Waals surface area contributed by atoms with Gasteiger partial charge in [-0.15, -0.1) is 0 Å². The van der Waals surface area contributed by atoms with Crippen molar-refractivity contribution in [1.29, 1.82) is 0 Å². The van der Waals surface area contributed by atoms with E-state index in [2.05, 4.69) is 6.92 Å². The first-order valence-corrected chi connectivity index (χ1v) is 8.91. The standard InChI is InChI=1S/C19H25FN2O2/c1-14-5-2-3-10-22(14)19(24)15-8-11-21(12-9-15)18(23)16-6-4-7-17(20)13-16/h4,6-7,13-15H,2-3,5,8-12H2,1H3/t14-/m0/s1. The van der Waals surface area contributed by atoms with Crippen LogP contribution in [-0.2, 0) is 4.79 Å². The molecule has 3 rings (SSSR count). The summed E-state index contributed by atoms with van der Waals surface area (Å²) in [5.74, 6) is -0.279. The van der Waals surface area contributed by atoms with Crippen molar-refractivity contribution in [2.75, 3.05) is 19.6 Å². The summed E-state index contributed by atoms with van der Waals surface area (Å²) in [6.07, 6.45) is 4.77. The van der Waals surface area contributed by atoms with E-state index in [4.69, 9.17) is 0 Å². The lowest BCUT2D eigenvalue weighted by Gasteiger charge is -2.38. The predicted molar refractivity (Wildman–Crippen MR) is 90.1 cm³/mol. The lowest BCUT2D eigenvalue weighted by molar-refractivity contribution is -0.140. The number of hydrogen-bond acceptors (Lipinski definition) is 2. The van der Waals surface area contributed by atoms with Gasteiger partial charge in [0.2, 0.25) is 5.91 Å². The van der Waals surface area contributed by atoms with Crippen molar-refractivity contribution in [3.05, 3.63) is 35.6 Å². The molecule has 1 atom stereocenters. The van der Waals surface area contributed by atoms with Gasteiger partial charge in [0, 0.05) is 37.2 Å². The number of piperidine rings is 2. The zero-order valence-electron chi connectivity index (χ0n) is 14.2. The molecule has 2 amide bonds. The highest BCUT2D eigenvalue weighted by Crippen LogP contribution is 2.25. The monoisotopic (exact) mass is 332 g/mol. The van der Waals surface area contributed by atoms with Crippen LogP contribution in [0.5, 0.6) is 0 Å². The molecule has 0 aliphatic carbocycles. The Hall–Kier alpha value is -1.91. The van der Waals surface area contributed by atoms with Gasteiger partial charge in [-0.1, -0.05) is 6.07 Å². The Morgan fingerprint density at radius 2 is 1.83 bits per heavy atom. The van der Waals surface area contributed by atoms with E-state index >= 15 is 0 Å². The van der Waals surface area contributed by atoms with Crippen LogP contribution < -0.4 is 0 Å². The van der Waals surface area contributed by atoms with Gasteiger partial charge in [0.15, 0.2) is 0 Å². The van der Waals surface area contributed by atoms with Crippen molar-refractivity contribution in [3.63, 3.8) is 0 Å². The van der Waals surface area contributed by atoms with Crippen LogP contribution >= 0.6 is 0 Å². The highest BCUT2D eigenvalue weighted by atomic mass is 19.1. The number of halogens is 1. The molecule has 2 heterocycles. The van der Waals surface area contributed by atoms with Gasteiger partial charge in [-0.25, -0.2) is 4.39 Å². The highest BCUT2D eigenvalue weighted by molar-refractivity contribution is 5.94. The van der Waals surface area contributed by atoms with Gasteiger partial charge in [0.05, 0.1) is 0 Å². The molecule has 0 spiro atoms. The molecule has 5 heteroatoms. The fourth-order valence-corrected chi connectivity index (χ4v) is 3.79. The average Bonchev–Trinajstić information content (AvgIpc) is 2.61. The Labute approximate surface area is 142 Å². The first kappa shape index (κ1) is 16.9. The number of benzene rings is 1. The summed E-state index contributed by atoms with van der Waals surface area (Å²) in [6, 6.07) is 6.13. The number of likely N-dealkylation sites (tertiary alicyclic amines) is 2. The molecule has 2 saturated heterocycles. The number of amides is 2. The molecule has 0 aromatic heterocycles. The van der Waals surface area contributed by atoms with E-state index in [1.54, 1.807) is 17.0 Å². The smallest absolute Gasteiger partial charge is 0.253 e. The molecule has 2 aliphatic rings. The van der Waals surface area contributed by atoms with Crippen molar-refractivity contribution in [1.82, 2.24) is 9.80 Å². The Bertz CT molecular complexity index is 611. The van der Waals surface area contributed by atoms with E-state index in [1.807, 2.05) is 4.90 Å². The lowest BCUT2D eigenvalue weighted by atomic mass is 9.92. The Morgan fingerprint density at radius 1 is 1.08 bits per heavy atom. The first-order valence-electron chi connectivity index (χ1n) is 8.91. The van der Waals surface area contributed by atoms with Gasteiger partial charge in [-0.2, -0.15) is 0 Å².